The summed E-state index contributed by atoms with van der Waals surface area (Å²) in [5.41, 5.74) is 0. The number of rotatable bonds is 2. The molecule has 2 aromatic rings. The van der Waals surface area contributed by atoms with E-state index < -0.39 is 10.0 Å². The average molecular weight is 353 g/mol. The number of hydrogen-bond donors (Lipinski definition) is 1. The highest BCUT2D eigenvalue weighted by atomic mass is 35.5. The molecule has 6 heteroatoms. The van der Waals surface area contributed by atoms with E-state index in [1.54, 1.807) is 10.4 Å². The SMILES string of the molecule is Cl.O=S(=O)(c1cccc2ccccc12)N1CCC2NCCC2C1. The second kappa shape index (κ2) is 6.40. The molecule has 1 N–H and O–H groups in total. The standard InChI is InChI=1S/C17H20N2O2S.ClH/c20-22(21,19-11-9-16-14(12-19)8-10-18-16)17-7-3-5-13-4-1-2-6-15(13)17;/h1-7,14,16,18H,8-12H2;1H. The van der Waals surface area contributed by atoms with E-state index in [-0.39, 0.29) is 12.4 Å². The van der Waals surface area contributed by atoms with E-state index in [0.717, 1.165) is 30.2 Å². The number of hydrogen-bond acceptors (Lipinski definition) is 3. The Morgan fingerprint density at radius 1 is 1.04 bits per heavy atom. The molecule has 2 aliphatic rings. The molecule has 0 bridgehead atoms. The van der Waals surface area contributed by atoms with E-state index in [1.165, 1.54) is 0 Å². The summed E-state index contributed by atoms with van der Waals surface area (Å²) < 4.78 is 27.9. The predicted octanol–water partition coefficient (Wildman–Crippen LogP) is 2.63. The molecule has 23 heavy (non-hydrogen) atoms. The lowest BCUT2D eigenvalue weighted by molar-refractivity contribution is 0.247. The maximum atomic E-state index is 13.1. The third kappa shape index (κ3) is 2.87. The van der Waals surface area contributed by atoms with Gasteiger partial charge in [-0.25, -0.2) is 8.42 Å². The van der Waals surface area contributed by atoms with Crippen molar-refractivity contribution < 1.29 is 8.42 Å². The van der Waals surface area contributed by atoms with Crippen LogP contribution in [0.5, 0.6) is 0 Å². The number of nitrogens with one attached hydrogen (secondary N) is 1. The highest BCUT2D eigenvalue weighted by Crippen LogP contribution is 2.31. The van der Waals surface area contributed by atoms with Crippen molar-refractivity contribution >= 4 is 33.2 Å². The topological polar surface area (TPSA) is 49.4 Å². The Bertz CT molecular complexity index is 804. The molecule has 4 rings (SSSR count). The van der Waals surface area contributed by atoms with Gasteiger partial charge in [-0.2, -0.15) is 4.31 Å². The molecule has 2 unspecified atom stereocenters. The van der Waals surface area contributed by atoms with Crippen LogP contribution in [0.2, 0.25) is 0 Å². The fourth-order valence-corrected chi connectivity index (χ4v) is 5.52. The molecule has 2 fully saturated rings. The number of nitrogens with zero attached hydrogens (tertiary/aromatic N) is 1. The smallest absolute Gasteiger partial charge is 0.243 e. The van der Waals surface area contributed by atoms with Crippen LogP contribution in [0.4, 0.5) is 0 Å². The summed E-state index contributed by atoms with van der Waals surface area (Å²) in [6.45, 7) is 2.26. The Labute approximate surface area is 143 Å². The summed E-state index contributed by atoms with van der Waals surface area (Å²) in [4.78, 5) is 0.440. The third-order valence-corrected chi connectivity index (χ3v) is 6.91. The van der Waals surface area contributed by atoms with Crippen molar-refractivity contribution in [3.05, 3.63) is 42.5 Å². The van der Waals surface area contributed by atoms with E-state index in [4.69, 9.17) is 0 Å². The van der Waals surface area contributed by atoms with Crippen LogP contribution < -0.4 is 5.32 Å². The van der Waals surface area contributed by atoms with Crippen LogP contribution in [-0.2, 0) is 10.0 Å². The molecule has 2 aromatic carbocycles. The fourth-order valence-electron chi connectivity index (χ4n) is 3.79. The fraction of sp³-hybridized carbons (Fsp3) is 0.412. The molecule has 0 aromatic heterocycles. The molecule has 0 amide bonds. The number of sulfonamides is 1. The van der Waals surface area contributed by atoms with Crippen molar-refractivity contribution in [3.8, 4) is 0 Å². The first kappa shape index (κ1) is 16.7. The molecule has 124 valence electrons. The largest absolute Gasteiger partial charge is 0.314 e. The summed E-state index contributed by atoms with van der Waals surface area (Å²) in [5.74, 6) is 0.457. The van der Waals surface area contributed by atoms with Crippen molar-refractivity contribution in [1.82, 2.24) is 9.62 Å². The maximum absolute atomic E-state index is 13.1. The van der Waals surface area contributed by atoms with Gasteiger partial charge in [-0.3, -0.25) is 0 Å². The molecule has 0 radical (unpaired) electrons. The Hall–Kier alpha value is -1.14. The Balaban J connectivity index is 0.00000156. The Morgan fingerprint density at radius 2 is 1.83 bits per heavy atom. The van der Waals surface area contributed by atoms with Gasteiger partial charge in [0.1, 0.15) is 0 Å². The van der Waals surface area contributed by atoms with Crippen LogP contribution in [0.25, 0.3) is 10.8 Å². The molecule has 0 saturated carbocycles. The van der Waals surface area contributed by atoms with Crippen LogP contribution in [0.1, 0.15) is 12.8 Å². The summed E-state index contributed by atoms with van der Waals surface area (Å²) in [6, 6.07) is 13.7. The first-order valence-corrected chi connectivity index (χ1v) is 9.31. The van der Waals surface area contributed by atoms with E-state index in [2.05, 4.69) is 5.32 Å². The van der Waals surface area contributed by atoms with Gasteiger partial charge in [0.05, 0.1) is 4.90 Å². The Morgan fingerprint density at radius 3 is 2.70 bits per heavy atom. The average Bonchev–Trinajstić information content (AvgIpc) is 3.02. The minimum atomic E-state index is -3.42. The first-order valence-electron chi connectivity index (χ1n) is 7.87. The van der Waals surface area contributed by atoms with Gasteiger partial charge in [-0.1, -0.05) is 36.4 Å². The minimum Gasteiger partial charge on any atom is -0.314 e. The lowest BCUT2D eigenvalue weighted by Gasteiger charge is -2.34. The maximum Gasteiger partial charge on any atom is 0.243 e. The summed E-state index contributed by atoms with van der Waals surface area (Å²) >= 11 is 0. The van der Waals surface area contributed by atoms with Gasteiger partial charge in [0.15, 0.2) is 0 Å². The molecule has 0 spiro atoms. The summed E-state index contributed by atoms with van der Waals surface area (Å²) in [6.07, 6.45) is 1.99. The first-order chi connectivity index (χ1) is 10.7. The second-order valence-corrected chi connectivity index (χ2v) is 8.14. The third-order valence-electron chi connectivity index (χ3n) is 4.99. The van der Waals surface area contributed by atoms with Gasteiger partial charge >= 0.3 is 0 Å². The van der Waals surface area contributed by atoms with Gasteiger partial charge in [0.2, 0.25) is 10.0 Å². The van der Waals surface area contributed by atoms with Gasteiger partial charge < -0.3 is 5.32 Å². The highest BCUT2D eigenvalue weighted by molar-refractivity contribution is 7.89. The zero-order valence-corrected chi connectivity index (χ0v) is 14.4. The normalized spacial score (nSPS) is 25.0. The van der Waals surface area contributed by atoms with Crippen molar-refractivity contribution in [1.29, 1.82) is 0 Å². The molecule has 2 heterocycles. The molecule has 2 saturated heterocycles. The van der Waals surface area contributed by atoms with Gasteiger partial charge in [0.25, 0.3) is 0 Å². The quantitative estimate of drug-likeness (QED) is 0.904. The van der Waals surface area contributed by atoms with Crippen LogP contribution in [-0.4, -0.2) is 38.4 Å². The molecule has 2 aliphatic heterocycles. The van der Waals surface area contributed by atoms with Crippen LogP contribution in [0.3, 0.4) is 0 Å². The number of fused-ring (bicyclic) bond motifs is 2. The number of piperidine rings is 1. The molecular weight excluding hydrogens is 332 g/mol. The number of halogens is 1. The summed E-state index contributed by atoms with van der Waals surface area (Å²) in [7, 11) is -3.42. The van der Waals surface area contributed by atoms with Crippen LogP contribution in [0.15, 0.2) is 47.4 Å². The van der Waals surface area contributed by atoms with Gasteiger partial charge in [-0.15, -0.1) is 12.4 Å². The molecular formula is C17H21ClN2O2S. The van der Waals surface area contributed by atoms with Crippen molar-refractivity contribution in [2.45, 2.75) is 23.8 Å². The molecule has 2 atom stereocenters. The molecule has 0 aliphatic carbocycles. The molecule has 4 nitrogen and oxygen atoms in total. The van der Waals surface area contributed by atoms with Crippen molar-refractivity contribution in [3.63, 3.8) is 0 Å². The zero-order chi connectivity index (χ0) is 15.2. The van der Waals surface area contributed by atoms with Crippen molar-refractivity contribution in [2.75, 3.05) is 19.6 Å². The van der Waals surface area contributed by atoms with E-state index in [9.17, 15) is 8.42 Å². The highest BCUT2D eigenvalue weighted by Gasteiger charge is 2.37. The van der Waals surface area contributed by atoms with E-state index >= 15 is 0 Å². The van der Waals surface area contributed by atoms with Crippen LogP contribution >= 0.6 is 12.4 Å². The Kier molecular flexibility index (Phi) is 4.65. The minimum absolute atomic E-state index is 0. The van der Waals surface area contributed by atoms with Crippen LogP contribution in [0, 0.1) is 5.92 Å². The predicted molar refractivity (Wildman–Crippen MR) is 94.5 cm³/mol. The monoisotopic (exact) mass is 352 g/mol. The lowest BCUT2D eigenvalue weighted by Crippen LogP contribution is -2.46. The number of benzene rings is 2. The van der Waals surface area contributed by atoms with Gasteiger partial charge in [-0.05, 0) is 36.8 Å². The zero-order valence-electron chi connectivity index (χ0n) is 12.8. The second-order valence-electron chi connectivity index (χ2n) is 6.24. The summed E-state index contributed by atoms with van der Waals surface area (Å²) in [5, 5.41) is 5.27. The van der Waals surface area contributed by atoms with E-state index in [1.807, 2.05) is 36.4 Å². The van der Waals surface area contributed by atoms with Crippen molar-refractivity contribution in [2.24, 2.45) is 5.92 Å². The van der Waals surface area contributed by atoms with Gasteiger partial charge in [0, 0.05) is 24.5 Å². The lowest BCUT2D eigenvalue weighted by atomic mass is 9.95. The van der Waals surface area contributed by atoms with E-state index in [0.29, 0.717) is 29.9 Å².